The van der Waals surface area contributed by atoms with Crippen molar-refractivity contribution in [1.29, 1.82) is 0 Å². The summed E-state index contributed by atoms with van der Waals surface area (Å²) >= 11 is 0. The number of carbonyl (C=O) groups is 2. The van der Waals surface area contributed by atoms with E-state index >= 15 is 0 Å². The van der Waals surface area contributed by atoms with Gasteiger partial charge in [0.25, 0.3) is 0 Å². The molecule has 1 rings (SSSR count). The quantitative estimate of drug-likeness (QED) is 0.550. The van der Waals surface area contributed by atoms with E-state index in [-0.39, 0.29) is 30.2 Å². The van der Waals surface area contributed by atoms with Gasteiger partial charge in [0.05, 0.1) is 12.0 Å². The Morgan fingerprint density at radius 3 is 3.00 bits per heavy atom. The first-order valence-electron chi connectivity index (χ1n) is 4.16. The second-order valence-electron chi connectivity index (χ2n) is 3.10. The lowest BCUT2D eigenvalue weighted by Gasteiger charge is -2.10. The third-order valence-electron chi connectivity index (χ3n) is 1.96. The van der Waals surface area contributed by atoms with Gasteiger partial charge in [0.2, 0.25) is 11.8 Å². The van der Waals surface area contributed by atoms with Crippen LogP contribution in [0.5, 0.6) is 0 Å². The molecule has 0 saturated carbocycles. The molecule has 0 aromatic heterocycles. The first kappa shape index (κ1) is 9.59. The van der Waals surface area contributed by atoms with Crippen LogP contribution in [-0.4, -0.2) is 24.4 Å². The Labute approximate surface area is 77.1 Å². The molecule has 0 spiro atoms. The van der Waals surface area contributed by atoms with Crippen LogP contribution in [0.25, 0.3) is 0 Å². The van der Waals surface area contributed by atoms with E-state index in [0.29, 0.717) is 6.54 Å². The monoisotopic (exact) mass is 180 g/mol. The van der Waals surface area contributed by atoms with Crippen LogP contribution >= 0.6 is 0 Å². The molecular formula is C9H12N2O2. The molecule has 1 heterocycles. The summed E-state index contributed by atoms with van der Waals surface area (Å²) in [4.78, 5) is 22.1. The van der Waals surface area contributed by atoms with Gasteiger partial charge < -0.3 is 10.6 Å². The lowest BCUT2D eigenvalue weighted by molar-refractivity contribution is -0.126. The molecule has 0 aromatic rings. The SMILES string of the molecule is C#CC(C)NC(=O)C1CNC(=O)C1. The number of hydrogen-bond donors (Lipinski definition) is 2. The topological polar surface area (TPSA) is 58.2 Å². The highest BCUT2D eigenvalue weighted by Crippen LogP contribution is 2.08. The summed E-state index contributed by atoms with van der Waals surface area (Å²) < 4.78 is 0. The number of terminal acetylenes is 1. The molecule has 13 heavy (non-hydrogen) atoms. The summed E-state index contributed by atoms with van der Waals surface area (Å²) in [5, 5.41) is 5.22. The third kappa shape index (κ3) is 2.48. The van der Waals surface area contributed by atoms with E-state index in [4.69, 9.17) is 6.42 Å². The summed E-state index contributed by atoms with van der Waals surface area (Å²) in [6, 6.07) is -0.275. The zero-order valence-electron chi connectivity index (χ0n) is 7.46. The largest absolute Gasteiger partial charge is 0.355 e. The molecule has 0 aromatic carbocycles. The van der Waals surface area contributed by atoms with Crippen LogP contribution in [0, 0.1) is 18.3 Å². The zero-order valence-corrected chi connectivity index (χ0v) is 7.46. The van der Waals surface area contributed by atoms with Gasteiger partial charge in [-0.05, 0) is 6.92 Å². The summed E-state index contributed by atoms with van der Waals surface area (Å²) in [5.74, 6) is 1.91. The second kappa shape index (κ2) is 3.94. The van der Waals surface area contributed by atoms with Gasteiger partial charge in [-0.25, -0.2) is 0 Å². The fourth-order valence-electron chi connectivity index (χ4n) is 1.16. The Hall–Kier alpha value is -1.50. The predicted octanol–water partition coefficient (Wildman–Crippen LogP) is -0.740. The van der Waals surface area contributed by atoms with Crippen molar-refractivity contribution in [1.82, 2.24) is 10.6 Å². The minimum atomic E-state index is -0.275. The maximum Gasteiger partial charge on any atom is 0.226 e. The van der Waals surface area contributed by atoms with Crippen LogP contribution in [0.4, 0.5) is 0 Å². The molecule has 0 bridgehead atoms. The van der Waals surface area contributed by atoms with Crippen LogP contribution < -0.4 is 10.6 Å². The van der Waals surface area contributed by atoms with Crippen molar-refractivity contribution in [3.8, 4) is 12.3 Å². The van der Waals surface area contributed by atoms with Crippen LogP contribution in [0.3, 0.4) is 0 Å². The molecule has 2 amide bonds. The summed E-state index contributed by atoms with van der Waals surface area (Å²) in [7, 11) is 0. The van der Waals surface area contributed by atoms with Gasteiger partial charge >= 0.3 is 0 Å². The number of rotatable bonds is 2. The molecule has 1 fully saturated rings. The van der Waals surface area contributed by atoms with Crippen molar-refractivity contribution in [3.63, 3.8) is 0 Å². The molecule has 2 atom stereocenters. The molecule has 70 valence electrons. The lowest BCUT2D eigenvalue weighted by Crippen LogP contribution is -2.37. The van der Waals surface area contributed by atoms with Gasteiger partial charge in [0.15, 0.2) is 0 Å². The van der Waals surface area contributed by atoms with Gasteiger partial charge in [-0.1, -0.05) is 5.92 Å². The van der Waals surface area contributed by atoms with E-state index in [1.54, 1.807) is 6.92 Å². The van der Waals surface area contributed by atoms with Gasteiger partial charge in [0.1, 0.15) is 0 Å². The van der Waals surface area contributed by atoms with E-state index in [2.05, 4.69) is 16.6 Å². The van der Waals surface area contributed by atoms with Crippen molar-refractivity contribution in [2.45, 2.75) is 19.4 Å². The lowest BCUT2D eigenvalue weighted by atomic mass is 10.1. The number of carbonyl (C=O) groups excluding carboxylic acids is 2. The maximum absolute atomic E-state index is 11.4. The predicted molar refractivity (Wildman–Crippen MR) is 47.6 cm³/mol. The Bertz CT molecular complexity index is 267. The van der Waals surface area contributed by atoms with Crippen molar-refractivity contribution >= 4 is 11.8 Å². The van der Waals surface area contributed by atoms with E-state index in [9.17, 15) is 9.59 Å². The minimum Gasteiger partial charge on any atom is -0.355 e. The molecule has 2 N–H and O–H groups in total. The molecule has 2 unspecified atom stereocenters. The average molecular weight is 180 g/mol. The van der Waals surface area contributed by atoms with Crippen LogP contribution in [0.2, 0.25) is 0 Å². The van der Waals surface area contributed by atoms with Gasteiger partial charge in [0, 0.05) is 13.0 Å². The van der Waals surface area contributed by atoms with Crippen LogP contribution in [0.15, 0.2) is 0 Å². The number of hydrogen-bond acceptors (Lipinski definition) is 2. The third-order valence-corrected chi connectivity index (χ3v) is 1.96. The molecule has 1 aliphatic heterocycles. The molecular weight excluding hydrogens is 168 g/mol. The fraction of sp³-hybridized carbons (Fsp3) is 0.556. The van der Waals surface area contributed by atoms with Crippen LogP contribution in [0.1, 0.15) is 13.3 Å². The van der Waals surface area contributed by atoms with E-state index in [0.717, 1.165) is 0 Å². The first-order valence-corrected chi connectivity index (χ1v) is 4.16. The van der Waals surface area contributed by atoms with Crippen LogP contribution in [-0.2, 0) is 9.59 Å². The second-order valence-corrected chi connectivity index (χ2v) is 3.10. The van der Waals surface area contributed by atoms with E-state index in [1.165, 1.54) is 0 Å². The number of nitrogens with one attached hydrogen (secondary N) is 2. The molecule has 0 aliphatic carbocycles. The normalized spacial score (nSPS) is 23.1. The number of amides is 2. The highest BCUT2D eigenvalue weighted by molar-refractivity contribution is 5.89. The highest BCUT2D eigenvalue weighted by Gasteiger charge is 2.28. The standard InChI is InChI=1S/C9H12N2O2/c1-3-6(2)11-9(13)7-4-8(12)10-5-7/h1,6-7H,4-5H2,2H3,(H,10,12)(H,11,13). The highest BCUT2D eigenvalue weighted by atomic mass is 16.2. The summed E-state index contributed by atoms with van der Waals surface area (Å²) in [5.41, 5.74) is 0. The van der Waals surface area contributed by atoms with Crippen molar-refractivity contribution < 1.29 is 9.59 Å². The maximum atomic E-state index is 11.4. The Balaban J connectivity index is 2.41. The Kier molecular flexibility index (Phi) is 2.91. The van der Waals surface area contributed by atoms with Gasteiger partial charge in [-0.15, -0.1) is 6.42 Å². The first-order chi connectivity index (χ1) is 6.13. The molecule has 0 radical (unpaired) electrons. The molecule has 4 nitrogen and oxygen atoms in total. The zero-order chi connectivity index (χ0) is 9.84. The molecule has 1 aliphatic rings. The van der Waals surface area contributed by atoms with Crippen molar-refractivity contribution in [3.05, 3.63) is 0 Å². The molecule has 4 heteroatoms. The smallest absolute Gasteiger partial charge is 0.226 e. The van der Waals surface area contributed by atoms with Crippen molar-refractivity contribution in [2.24, 2.45) is 5.92 Å². The summed E-state index contributed by atoms with van der Waals surface area (Å²) in [6.07, 6.45) is 5.37. The minimum absolute atomic E-state index is 0.0755. The average Bonchev–Trinajstić information content (AvgIpc) is 2.51. The van der Waals surface area contributed by atoms with Gasteiger partial charge in [-0.2, -0.15) is 0 Å². The summed E-state index contributed by atoms with van der Waals surface area (Å²) in [6.45, 7) is 2.14. The van der Waals surface area contributed by atoms with Gasteiger partial charge in [-0.3, -0.25) is 9.59 Å². The van der Waals surface area contributed by atoms with E-state index < -0.39 is 0 Å². The Morgan fingerprint density at radius 1 is 1.85 bits per heavy atom. The van der Waals surface area contributed by atoms with Crippen molar-refractivity contribution in [2.75, 3.05) is 6.54 Å². The van der Waals surface area contributed by atoms with E-state index in [1.807, 2.05) is 0 Å². The fourth-order valence-corrected chi connectivity index (χ4v) is 1.16. The Morgan fingerprint density at radius 2 is 2.54 bits per heavy atom. The molecule has 1 saturated heterocycles.